The maximum absolute atomic E-state index is 6.35. The molecule has 2 heterocycles. The van der Waals surface area contributed by atoms with Crippen molar-refractivity contribution in [2.75, 3.05) is 52.0 Å². The molecule has 6 heteroatoms. The van der Waals surface area contributed by atoms with Gasteiger partial charge in [-0.1, -0.05) is 24.1 Å². The summed E-state index contributed by atoms with van der Waals surface area (Å²) >= 11 is 6.35. The second-order valence-corrected chi connectivity index (χ2v) is 9.56. The highest BCUT2D eigenvalue weighted by molar-refractivity contribution is 6.32. The topological polar surface area (TPSA) is 34.2 Å². The zero-order chi connectivity index (χ0) is 23.4. The van der Waals surface area contributed by atoms with Gasteiger partial charge in [0.15, 0.2) is 0 Å². The summed E-state index contributed by atoms with van der Waals surface area (Å²) in [7, 11) is 3.41. The first-order chi connectivity index (χ1) is 16.0. The Hall–Kier alpha value is -1.95. The maximum atomic E-state index is 6.35. The molecule has 0 radical (unpaired) electrons. The Morgan fingerprint density at radius 3 is 2.58 bits per heavy atom. The number of rotatable bonds is 8. The highest BCUT2D eigenvalue weighted by Gasteiger charge is 2.39. The van der Waals surface area contributed by atoms with Gasteiger partial charge in [0, 0.05) is 51.0 Å². The van der Waals surface area contributed by atoms with Crippen LogP contribution in [-0.2, 0) is 4.74 Å². The third kappa shape index (κ3) is 5.11. The summed E-state index contributed by atoms with van der Waals surface area (Å²) in [5, 5.41) is 0.649. The average Bonchev–Trinajstić information content (AvgIpc) is 2.84. The van der Waals surface area contributed by atoms with Crippen LogP contribution in [0.25, 0.3) is 0 Å². The third-order valence-corrected chi connectivity index (χ3v) is 7.62. The number of piperazine rings is 1. The molecule has 2 atom stereocenters. The van der Waals surface area contributed by atoms with Gasteiger partial charge in [-0.15, -0.1) is 0 Å². The van der Waals surface area contributed by atoms with E-state index in [2.05, 4.69) is 47.9 Å². The molecule has 0 spiro atoms. The number of methoxy groups -OCH3 is 2. The molecular formula is C27H37ClN2O3. The molecule has 2 fully saturated rings. The molecule has 0 N–H and O–H groups in total. The number of halogens is 1. The second-order valence-electron chi connectivity index (χ2n) is 9.15. The molecular weight excluding hydrogens is 436 g/mol. The summed E-state index contributed by atoms with van der Waals surface area (Å²) in [5.41, 5.74) is 5.11. The fourth-order valence-corrected chi connectivity index (χ4v) is 5.60. The first kappa shape index (κ1) is 24.2. The average molecular weight is 473 g/mol. The van der Waals surface area contributed by atoms with Gasteiger partial charge < -0.3 is 19.1 Å². The zero-order valence-electron chi connectivity index (χ0n) is 20.4. The fourth-order valence-electron chi connectivity index (χ4n) is 5.41. The predicted octanol–water partition coefficient (Wildman–Crippen LogP) is 5.80. The van der Waals surface area contributed by atoms with Crippen LogP contribution in [-0.4, -0.2) is 58.0 Å². The van der Waals surface area contributed by atoms with Crippen LogP contribution < -0.4 is 14.4 Å². The highest BCUT2D eigenvalue weighted by Crippen LogP contribution is 2.43. The van der Waals surface area contributed by atoms with Crippen LogP contribution in [0, 0.1) is 13.8 Å². The summed E-state index contributed by atoms with van der Waals surface area (Å²) < 4.78 is 16.8. The van der Waals surface area contributed by atoms with Crippen LogP contribution >= 0.6 is 11.6 Å². The van der Waals surface area contributed by atoms with E-state index in [9.17, 15) is 0 Å². The van der Waals surface area contributed by atoms with E-state index in [4.69, 9.17) is 25.8 Å². The molecule has 0 unspecified atom stereocenters. The van der Waals surface area contributed by atoms with Crippen molar-refractivity contribution in [1.82, 2.24) is 4.90 Å². The van der Waals surface area contributed by atoms with Crippen molar-refractivity contribution in [1.29, 1.82) is 0 Å². The molecule has 33 heavy (non-hydrogen) atoms. The van der Waals surface area contributed by atoms with Gasteiger partial charge in [0.05, 0.1) is 24.8 Å². The van der Waals surface area contributed by atoms with Crippen molar-refractivity contribution in [3.8, 4) is 11.5 Å². The van der Waals surface area contributed by atoms with E-state index < -0.39 is 0 Å². The van der Waals surface area contributed by atoms with Crippen molar-refractivity contribution in [2.45, 2.75) is 51.6 Å². The number of nitrogens with zero attached hydrogens (tertiary/aromatic N) is 2. The lowest BCUT2D eigenvalue weighted by Crippen LogP contribution is -2.56. The van der Waals surface area contributed by atoms with Crippen molar-refractivity contribution in [3.63, 3.8) is 0 Å². The van der Waals surface area contributed by atoms with Crippen molar-refractivity contribution >= 4 is 17.3 Å². The normalized spacial score (nSPS) is 21.1. The first-order valence-electron chi connectivity index (χ1n) is 12.1. The summed E-state index contributed by atoms with van der Waals surface area (Å²) in [6.45, 7) is 9.08. The quantitative estimate of drug-likeness (QED) is 0.454. The largest absolute Gasteiger partial charge is 0.495 e. The molecule has 2 aromatic carbocycles. The van der Waals surface area contributed by atoms with E-state index >= 15 is 0 Å². The Labute approximate surface area is 203 Å². The molecule has 0 saturated carbocycles. The molecule has 180 valence electrons. The zero-order valence-corrected chi connectivity index (χ0v) is 21.2. The molecule has 5 nitrogen and oxygen atoms in total. The minimum absolute atomic E-state index is 0.283. The lowest BCUT2D eigenvalue weighted by atomic mass is 9.84. The highest BCUT2D eigenvalue weighted by atomic mass is 35.5. The lowest BCUT2D eigenvalue weighted by Gasteiger charge is -2.51. The maximum Gasteiger partial charge on any atom is 0.139 e. The molecule has 2 aliphatic rings. The van der Waals surface area contributed by atoms with E-state index in [0.717, 1.165) is 37.6 Å². The van der Waals surface area contributed by atoms with Gasteiger partial charge in [0.25, 0.3) is 0 Å². The number of ether oxygens (including phenoxy) is 3. The Morgan fingerprint density at radius 2 is 1.79 bits per heavy atom. The van der Waals surface area contributed by atoms with Crippen LogP contribution in [0.4, 0.5) is 5.69 Å². The van der Waals surface area contributed by atoms with Gasteiger partial charge in [0.1, 0.15) is 11.5 Å². The molecule has 2 saturated heterocycles. The van der Waals surface area contributed by atoms with Crippen LogP contribution in [0.1, 0.15) is 48.4 Å². The molecule has 2 aromatic rings. The molecule has 4 rings (SSSR count). The monoisotopic (exact) mass is 472 g/mol. The van der Waals surface area contributed by atoms with Gasteiger partial charge in [0.2, 0.25) is 0 Å². The van der Waals surface area contributed by atoms with Crippen molar-refractivity contribution in [2.24, 2.45) is 0 Å². The van der Waals surface area contributed by atoms with Crippen molar-refractivity contribution < 1.29 is 14.2 Å². The van der Waals surface area contributed by atoms with E-state index in [1.54, 1.807) is 14.2 Å². The Balaban J connectivity index is 1.69. The van der Waals surface area contributed by atoms with Gasteiger partial charge in [-0.3, -0.25) is 4.90 Å². The summed E-state index contributed by atoms with van der Waals surface area (Å²) in [6, 6.07) is 11.4. The fraction of sp³-hybridized carbons (Fsp3) is 0.556. The number of hydrogen-bond donors (Lipinski definition) is 0. The van der Waals surface area contributed by atoms with Gasteiger partial charge >= 0.3 is 0 Å². The SMILES string of the molecule is COCCCOc1ccc([C@@H]2[C@H]3CCCCN3CCN2c2ccc(Cl)c(OC)c2)c(C)c1C. The van der Waals surface area contributed by atoms with E-state index in [0.29, 0.717) is 17.7 Å². The number of fused-ring (bicyclic) bond motifs is 1. The van der Waals surface area contributed by atoms with E-state index in [1.807, 2.05) is 6.07 Å². The summed E-state index contributed by atoms with van der Waals surface area (Å²) in [5.74, 6) is 1.70. The minimum atomic E-state index is 0.283. The van der Waals surface area contributed by atoms with Crippen LogP contribution in [0.2, 0.25) is 5.02 Å². The van der Waals surface area contributed by atoms with Crippen LogP contribution in [0.5, 0.6) is 11.5 Å². The van der Waals surface area contributed by atoms with Gasteiger partial charge in [-0.25, -0.2) is 0 Å². The second kappa shape index (κ2) is 11.0. The van der Waals surface area contributed by atoms with E-state index in [1.165, 1.54) is 48.2 Å². The van der Waals surface area contributed by atoms with E-state index in [-0.39, 0.29) is 6.04 Å². The Bertz CT molecular complexity index is 951. The molecule has 2 aliphatic heterocycles. The predicted molar refractivity (Wildman–Crippen MR) is 135 cm³/mol. The summed E-state index contributed by atoms with van der Waals surface area (Å²) in [4.78, 5) is 5.26. The number of anilines is 1. The Morgan fingerprint density at radius 1 is 0.939 bits per heavy atom. The third-order valence-electron chi connectivity index (χ3n) is 7.31. The summed E-state index contributed by atoms with van der Waals surface area (Å²) in [6.07, 6.45) is 4.70. The smallest absolute Gasteiger partial charge is 0.139 e. The standard InChI is InChI=1S/C27H37ClN2O3/c1-19-20(2)25(33-17-7-16-31-3)12-10-22(19)27-24-8-5-6-13-29(24)14-15-30(27)21-9-11-23(28)26(18-21)32-4/h9-12,18,24,27H,5-8,13-17H2,1-4H3/t24-,27-/m1/s1. The van der Waals surface area contributed by atoms with Gasteiger partial charge in [-0.05, 0) is 68.1 Å². The molecule has 0 bridgehead atoms. The number of piperidine rings is 1. The lowest BCUT2D eigenvalue weighted by molar-refractivity contribution is 0.0998. The number of hydrogen-bond acceptors (Lipinski definition) is 5. The number of benzene rings is 2. The van der Waals surface area contributed by atoms with Crippen LogP contribution in [0.15, 0.2) is 30.3 Å². The van der Waals surface area contributed by atoms with Crippen molar-refractivity contribution in [3.05, 3.63) is 52.0 Å². The molecule has 0 aliphatic carbocycles. The minimum Gasteiger partial charge on any atom is -0.495 e. The molecule has 0 aromatic heterocycles. The van der Waals surface area contributed by atoms with Crippen LogP contribution in [0.3, 0.4) is 0 Å². The van der Waals surface area contributed by atoms with Gasteiger partial charge in [-0.2, -0.15) is 0 Å². The first-order valence-corrected chi connectivity index (χ1v) is 12.5. The molecule has 0 amide bonds. The Kier molecular flexibility index (Phi) is 8.05.